The van der Waals surface area contributed by atoms with Crippen LogP contribution in [0.2, 0.25) is 0 Å². The molecule has 1 aliphatic rings. The van der Waals surface area contributed by atoms with Crippen LogP contribution in [0.15, 0.2) is 24.3 Å². The van der Waals surface area contributed by atoms with Crippen LogP contribution in [0.5, 0.6) is 0 Å². The summed E-state index contributed by atoms with van der Waals surface area (Å²) in [5, 5.41) is 15.1. The van der Waals surface area contributed by atoms with E-state index in [0.29, 0.717) is 41.9 Å². The van der Waals surface area contributed by atoms with Crippen LogP contribution in [0.3, 0.4) is 0 Å². The van der Waals surface area contributed by atoms with Crippen molar-refractivity contribution >= 4 is 17.5 Å². The van der Waals surface area contributed by atoms with Gasteiger partial charge in [-0.05, 0) is 43.9 Å². The van der Waals surface area contributed by atoms with Gasteiger partial charge in [0.25, 0.3) is 0 Å². The number of aliphatic hydroxyl groups is 1. The Labute approximate surface area is 135 Å². The van der Waals surface area contributed by atoms with Gasteiger partial charge in [-0.1, -0.05) is 6.07 Å². The molecule has 1 aromatic carbocycles. The van der Waals surface area contributed by atoms with Gasteiger partial charge in [-0.25, -0.2) is 9.37 Å². The number of nitrogens with zero attached hydrogens (tertiary/aromatic N) is 2. The highest BCUT2D eigenvalue weighted by Crippen LogP contribution is 2.40. The van der Waals surface area contributed by atoms with Gasteiger partial charge in [0.05, 0.1) is 5.69 Å². The Balaban J connectivity index is 1.80. The van der Waals surface area contributed by atoms with Crippen LogP contribution in [0, 0.1) is 12.7 Å². The van der Waals surface area contributed by atoms with E-state index in [2.05, 4.69) is 20.6 Å². The molecule has 0 bridgehead atoms. The Morgan fingerprint density at radius 1 is 1.26 bits per heavy atom. The third-order valence-electron chi connectivity index (χ3n) is 3.80. The number of hydrogen-bond donors (Lipinski definition) is 3. The molecule has 1 aromatic heterocycles. The topological polar surface area (TPSA) is 70.1 Å². The second-order valence-corrected chi connectivity index (χ2v) is 5.87. The molecule has 0 saturated heterocycles. The van der Waals surface area contributed by atoms with Gasteiger partial charge < -0.3 is 15.7 Å². The summed E-state index contributed by atoms with van der Waals surface area (Å²) < 4.78 is 13.7. The number of aromatic nitrogens is 2. The van der Waals surface area contributed by atoms with Crippen molar-refractivity contribution in [2.45, 2.75) is 32.1 Å². The Morgan fingerprint density at radius 3 is 2.78 bits per heavy atom. The van der Waals surface area contributed by atoms with Gasteiger partial charge in [0.1, 0.15) is 11.6 Å². The summed E-state index contributed by atoms with van der Waals surface area (Å²) in [5.41, 5.74) is 2.28. The monoisotopic (exact) mass is 316 g/mol. The second kappa shape index (κ2) is 6.91. The Morgan fingerprint density at radius 2 is 2.09 bits per heavy atom. The summed E-state index contributed by atoms with van der Waals surface area (Å²) in [6, 6.07) is 6.96. The Bertz CT molecular complexity index is 688. The molecule has 0 amide bonds. The smallest absolute Gasteiger partial charge is 0.224 e. The van der Waals surface area contributed by atoms with Gasteiger partial charge in [0, 0.05) is 30.8 Å². The lowest BCUT2D eigenvalue weighted by Gasteiger charge is -2.11. The van der Waals surface area contributed by atoms with E-state index in [9.17, 15) is 4.39 Å². The summed E-state index contributed by atoms with van der Waals surface area (Å²) in [4.78, 5) is 8.95. The molecule has 1 fully saturated rings. The zero-order valence-corrected chi connectivity index (χ0v) is 13.1. The fourth-order valence-electron chi connectivity index (χ4n) is 2.30. The number of rotatable bonds is 7. The van der Waals surface area contributed by atoms with Crippen LogP contribution >= 0.6 is 0 Å². The minimum atomic E-state index is -0.243. The molecule has 0 unspecified atom stereocenters. The van der Waals surface area contributed by atoms with Crippen molar-refractivity contribution in [3.8, 4) is 0 Å². The lowest BCUT2D eigenvalue weighted by molar-refractivity contribution is 0.292. The Hall–Kier alpha value is -2.21. The van der Waals surface area contributed by atoms with Crippen molar-refractivity contribution in [1.29, 1.82) is 0 Å². The lowest BCUT2D eigenvalue weighted by Crippen LogP contribution is -2.09. The highest BCUT2D eigenvalue weighted by Gasteiger charge is 2.26. The van der Waals surface area contributed by atoms with E-state index in [1.165, 1.54) is 6.07 Å². The minimum Gasteiger partial charge on any atom is -0.396 e. The number of anilines is 3. The Kier molecular flexibility index (Phi) is 4.71. The standard InChI is InChI=1S/C17H21FN4O/c1-11-3-6-13(9-14(11)18)20-16-10-15(12-4-5-12)21-17(22-16)19-7-2-8-23/h3,6,9-10,12,23H,2,4-5,7-8H2,1H3,(H2,19,20,21,22). The first-order valence-corrected chi connectivity index (χ1v) is 7.92. The summed E-state index contributed by atoms with van der Waals surface area (Å²) >= 11 is 0. The van der Waals surface area contributed by atoms with E-state index in [0.717, 1.165) is 18.5 Å². The average Bonchev–Trinajstić information content (AvgIpc) is 3.36. The number of benzene rings is 1. The van der Waals surface area contributed by atoms with E-state index in [1.54, 1.807) is 13.0 Å². The molecule has 0 spiro atoms. The highest BCUT2D eigenvalue weighted by atomic mass is 19.1. The van der Waals surface area contributed by atoms with Crippen molar-refractivity contribution in [1.82, 2.24) is 9.97 Å². The van der Waals surface area contributed by atoms with Gasteiger partial charge in [0.15, 0.2) is 0 Å². The first kappa shape index (κ1) is 15.7. The van der Waals surface area contributed by atoms with Crippen LogP contribution in [-0.2, 0) is 0 Å². The van der Waals surface area contributed by atoms with Gasteiger partial charge in [-0.3, -0.25) is 0 Å². The predicted molar refractivity (Wildman–Crippen MR) is 88.6 cm³/mol. The van der Waals surface area contributed by atoms with Crippen molar-refractivity contribution in [2.24, 2.45) is 0 Å². The van der Waals surface area contributed by atoms with Gasteiger partial charge in [0.2, 0.25) is 5.95 Å². The summed E-state index contributed by atoms with van der Waals surface area (Å²) in [5.74, 6) is 1.44. The van der Waals surface area contributed by atoms with E-state index in [-0.39, 0.29) is 12.4 Å². The molecule has 1 heterocycles. The van der Waals surface area contributed by atoms with Crippen molar-refractivity contribution in [3.63, 3.8) is 0 Å². The van der Waals surface area contributed by atoms with Crippen molar-refractivity contribution < 1.29 is 9.50 Å². The van der Waals surface area contributed by atoms with E-state index in [4.69, 9.17) is 5.11 Å². The molecule has 0 aliphatic heterocycles. The van der Waals surface area contributed by atoms with Gasteiger partial charge in [-0.2, -0.15) is 4.98 Å². The third-order valence-corrected chi connectivity index (χ3v) is 3.80. The first-order valence-electron chi connectivity index (χ1n) is 7.92. The molecule has 6 heteroatoms. The largest absolute Gasteiger partial charge is 0.396 e. The first-order chi connectivity index (χ1) is 11.2. The summed E-state index contributed by atoms with van der Waals surface area (Å²) in [7, 11) is 0. The second-order valence-electron chi connectivity index (χ2n) is 5.87. The third kappa shape index (κ3) is 4.16. The molecule has 0 radical (unpaired) electrons. The van der Waals surface area contributed by atoms with E-state index < -0.39 is 0 Å². The number of nitrogens with one attached hydrogen (secondary N) is 2. The van der Waals surface area contributed by atoms with E-state index in [1.807, 2.05) is 12.1 Å². The average molecular weight is 316 g/mol. The molecule has 0 atom stereocenters. The van der Waals surface area contributed by atoms with E-state index >= 15 is 0 Å². The molecule has 122 valence electrons. The van der Waals surface area contributed by atoms with Crippen LogP contribution in [-0.4, -0.2) is 28.2 Å². The number of aliphatic hydroxyl groups excluding tert-OH is 1. The van der Waals surface area contributed by atoms with Crippen LogP contribution < -0.4 is 10.6 Å². The van der Waals surface area contributed by atoms with Crippen molar-refractivity contribution in [3.05, 3.63) is 41.3 Å². The molecule has 2 aromatic rings. The maximum atomic E-state index is 13.7. The molecule has 3 rings (SSSR count). The molecule has 1 saturated carbocycles. The maximum Gasteiger partial charge on any atom is 0.224 e. The SMILES string of the molecule is Cc1ccc(Nc2cc(C3CC3)nc(NCCCO)n2)cc1F. The molecular weight excluding hydrogens is 295 g/mol. The normalized spacial score (nSPS) is 13.9. The minimum absolute atomic E-state index is 0.128. The van der Waals surface area contributed by atoms with Crippen molar-refractivity contribution in [2.75, 3.05) is 23.8 Å². The van der Waals surface area contributed by atoms with Gasteiger partial charge >= 0.3 is 0 Å². The molecular formula is C17H21FN4O. The van der Waals surface area contributed by atoms with Crippen LogP contribution in [0.25, 0.3) is 0 Å². The van der Waals surface area contributed by atoms with Crippen LogP contribution in [0.4, 0.5) is 21.8 Å². The molecule has 3 N–H and O–H groups in total. The molecule has 5 nitrogen and oxygen atoms in total. The zero-order valence-electron chi connectivity index (χ0n) is 13.1. The van der Waals surface area contributed by atoms with Crippen LogP contribution in [0.1, 0.15) is 36.4 Å². The van der Waals surface area contributed by atoms with Gasteiger partial charge in [-0.15, -0.1) is 0 Å². The predicted octanol–water partition coefficient (Wildman–Crippen LogP) is 3.34. The molecule has 1 aliphatic carbocycles. The lowest BCUT2D eigenvalue weighted by atomic mass is 10.2. The quantitative estimate of drug-likeness (QED) is 0.684. The number of aryl methyl sites for hydroxylation is 1. The number of halogens is 1. The summed E-state index contributed by atoms with van der Waals surface area (Å²) in [6.07, 6.45) is 2.93. The highest BCUT2D eigenvalue weighted by molar-refractivity contribution is 5.58. The molecule has 23 heavy (non-hydrogen) atoms. The zero-order chi connectivity index (χ0) is 16.2. The fraction of sp³-hybridized carbons (Fsp3) is 0.412. The number of hydrogen-bond acceptors (Lipinski definition) is 5. The fourth-order valence-corrected chi connectivity index (χ4v) is 2.30. The maximum absolute atomic E-state index is 13.7. The summed E-state index contributed by atoms with van der Waals surface area (Å²) in [6.45, 7) is 2.48.